The maximum Gasteiger partial charge on any atom is 0.140 e. The molecule has 2 aromatic rings. The van der Waals surface area contributed by atoms with E-state index in [0.29, 0.717) is 0 Å². The van der Waals surface area contributed by atoms with E-state index in [0.717, 1.165) is 5.75 Å². The molecule has 0 amide bonds. The monoisotopic (exact) mass is 252 g/mol. The molecular formula is C18H20O. The van der Waals surface area contributed by atoms with Crippen LogP contribution in [0.15, 0.2) is 48.5 Å². The lowest BCUT2D eigenvalue weighted by Crippen LogP contribution is -2.42. The van der Waals surface area contributed by atoms with Crippen molar-refractivity contribution in [1.29, 1.82) is 0 Å². The molecule has 0 saturated heterocycles. The van der Waals surface area contributed by atoms with Crippen LogP contribution in [0.4, 0.5) is 0 Å². The Bertz CT molecular complexity index is 610. The smallest absolute Gasteiger partial charge is 0.140 e. The highest BCUT2D eigenvalue weighted by Gasteiger charge is 2.52. The van der Waals surface area contributed by atoms with E-state index in [1.807, 2.05) is 6.07 Å². The van der Waals surface area contributed by atoms with Crippen LogP contribution in [0.1, 0.15) is 37.5 Å². The maximum atomic E-state index is 6.34. The van der Waals surface area contributed by atoms with Gasteiger partial charge in [-0.1, -0.05) is 61.9 Å². The third kappa shape index (κ3) is 1.61. The van der Waals surface area contributed by atoms with Gasteiger partial charge < -0.3 is 4.74 Å². The van der Waals surface area contributed by atoms with Crippen molar-refractivity contribution in [2.45, 2.75) is 38.7 Å². The molecule has 0 radical (unpaired) electrons. The highest BCUT2D eigenvalue weighted by molar-refractivity contribution is 5.49. The Morgan fingerprint density at radius 2 is 1.47 bits per heavy atom. The van der Waals surface area contributed by atoms with Gasteiger partial charge in [0.15, 0.2) is 0 Å². The predicted octanol–water partition coefficient (Wildman–Crippen LogP) is 4.58. The van der Waals surface area contributed by atoms with Gasteiger partial charge in [0.05, 0.1) is 0 Å². The van der Waals surface area contributed by atoms with E-state index in [9.17, 15) is 0 Å². The van der Waals surface area contributed by atoms with Crippen molar-refractivity contribution in [1.82, 2.24) is 0 Å². The van der Waals surface area contributed by atoms with Crippen molar-refractivity contribution in [2.75, 3.05) is 0 Å². The fourth-order valence-corrected chi connectivity index (χ4v) is 2.97. The molecule has 0 aliphatic carbocycles. The van der Waals surface area contributed by atoms with Crippen LogP contribution in [-0.2, 0) is 11.0 Å². The number of hydrogen-bond acceptors (Lipinski definition) is 1. The molecule has 19 heavy (non-hydrogen) atoms. The van der Waals surface area contributed by atoms with Gasteiger partial charge >= 0.3 is 0 Å². The van der Waals surface area contributed by atoms with E-state index in [-0.39, 0.29) is 11.0 Å². The standard InChI is InChI=1S/C18H20O/c1-13-9-11-14(12-10-13)18(4)17(2,3)15-7-5-6-8-16(15)19-18/h5-12H,1-4H3. The van der Waals surface area contributed by atoms with Crippen LogP contribution >= 0.6 is 0 Å². The zero-order valence-electron chi connectivity index (χ0n) is 12.0. The van der Waals surface area contributed by atoms with Gasteiger partial charge in [-0.2, -0.15) is 0 Å². The number of rotatable bonds is 1. The van der Waals surface area contributed by atoms with Gasteiger partial charge in [0.2, 0.25) is 0 Å². The first-order chi connectivity index (χ1) is 8.95. The fraction of sp³-hybridized carbons (Fsp3) is 0.333. The summed E-state index contributed by atoms with van der Waals surface area (Å²) in [6.07, 6.45) is 0. The average Bonchev–Trinajstić information content (AvgIpc) is 2.59. The Morgan fingerprint density at radius 3 is 2.11 bits per heavy atom. The predicted molar refractivity (Wildman–Crippen MR) is 78.6 cm³/mol. The third-order valence-electron chi connectivity index (χ3n) is 4.67. The number of ether oxygens (including phenoxy) is 1. The Morgan fingerprint density at radius 1 is 0.842 bits per heavy atom. The minimum atomic E-state index is -0.315. The van der Waals surface area contributed by atoms with Crippen LogP contribution in [0.3, 0.4) is 0 Å². The Balaban J connectivity index is 2.14. The van der Waals surface area contributed by atoms with E-state index < -0.39 is 0 Å². The van der Waals surface area contributed by atoms with Crippen LogP contribution in [-0.4, -0.2) is 0 Å². The summed E-state index contributed by atoms with van der Waals surface area (Å²) >= 11 is 0. The van der Waals surface area contributed by atoms with Crippen LogP contribution < -0.4 is 4.74 Å². The Kier molecular flexibility index (Phi) is 2.50. The first-order valence-corrected chi connectivity index (χ1v) is 6.81. The summed E-state index contributed by atoms with van der Waals surface area (Å²) in [5.41, 5.74) is 3.45. The molecule has 0 N–H and O–H groups in total. The number of hydrogen-bond donors (Lipinski definition) is 0. The molecule has 1 heterocycles. The van der Waals surface area contributed by atoms with Crippen molar-refractivity contribution < 1.29 is 4.74 Å². The molecule has 1 atom stereocenters. The normalized spacial score (nSPS) is 23.8. The Hall–Kier alpha value is -1.76. The third-order valence-corrected chi connectivity index (χ3v) is 4.67. The molecule has 1 aliphatic rings. The minimum absolute atomic E-state index is 0.0428. The van der Waals surface area contributed by atoms with E-state index in [4.69, 9.17) is 4.74 Å². The van der Waals surface area contributed by atoms with Crippen molar-refractivity contribution in [3.63, 3.8) is 0 Å². The highest BCUT2D eigenvalue weighted by atomic mass is 16.5. The molecule has 1 aliphatic heterocycles. The highest BCUT2D eigenvalue weighted by Crippen LogP contribution is 2.53. The van der Waals surface area contributed by atoms with Gasteiger partial charge in [-0.3, -0.25) is 0 Å². The summed E-state index contributed by atoms with van der Waals surface area (Å²) in [6.45, 7) is 8.83. The summed E-state index contributed by atoms with van der Waals surface area (Å²) in [5, 5.41) is 0. The maximum absolute atomic E-state index is 6.34. The zero-order valence-corrected chi connectivity index (χ0v) is 12.0. The summed E-state index contributed by atoms with van der Waals surface area (Å²) in [6, 6.07) is 17.0. The molecule has 0 fully saturated rings. The van der Waals surface area contributed by atoms with E-state index >= 15 is 0 Å². The number of para-hydroxylation sites is 1. The van der Waals surface area contributed by atoms with Gasteiger partial charge in [0.25, 0.3) is 0 Å². The summed E-state index contributed by atoms with van der Waals surface area (Å²) in [4.78, 5) is 0. The minimum Gasteiger partial charge on any atom is -0.482 e. The van der Waals surface area contributed by atoms with Crippen LogP contribution in [0, 0.1) is 6.92 Å². The molecule has 1 nitrogen and oxygen atoms in total. The second-order valence-corrected chi connectivity index (χ2v) is 6.12. The largest absolute Gasteiger partial charge is 0.482 e. The van der Waals surface area contributed by atoms with Gasteiger partial charge in [0, 0.05) is 11.0 Å². The molecule has 0 saturated carbocycles. The van der Waals surface area contributed by atoms with E-state index in [2.05, 4.69) is 70.2 Å². The van der Waals surface area contributed by atoms with Gasteiger partial charge in [-0.25, -0.2) is 0 Å². The number of fused-ring (bicyclic) bond motifs is 1. The molecule has 1 unspecified atom stereocenters. The molecule has 0 aromatic heterocycles. The number of benzene rings is 2. The van der Waals surface area contributed by atoms with Crippen LogP contribution in [0.5, 0.6) is 5.75 Å². The van der Waals surface area contributed by atoms with Crippen molar-refractivity contribution in [3.05, 3.63) is 65.2 Å². The lowest BCUT2D eigenvalue weighted by Gasteiger charge is -2.37. The second kappa shape index (κ2) is 3.86. The van der Waals surface area contributed by atoms with Crippen molar-refractivity contribution >= 4 is 0 Å². The molecule has 1 heteroatoms. The number of aryl methyl sites for hydroxylation is 1. The first-order valence-electron chi connectivity index (χ1n) is 6.81. The SMILES string of the molecule is Cc1ccc(C2(C)Oc3ccccc3C2(C)C)cc1. The molecule has 3 rings (SSSR count). The van der Waals surface area contributed by atoms with Gasteiger partial charge in [-0.15, -0.1) is 0 Å². The molecule has 0 bridgehead atoms. The summed E-state index contributed by atoms with van der Waals surface area (Å²) < 4.78 is 6.34. The molecule has 2 aromatic carbocycles. The lowest BCUT2D eigenvalue weighted by atomic mass is 9.69. The topological polar surface area (TPSA) is 9.23 Å². The van der Waals surface area contributed by atoms with E-state index in [1.165, 1.54) is 16.7 Å². The van der Waals surface area contributed by atoms with Crippen LogP contribution in [0.2, 0.25) is 0 Å². The summed E-state index contributed by atoms with van der Waals surface area (Å²) in [7, 11) is 0. The van der Waals surface area contributed by atoms with Crippen molar-refractivity contribution in [3.8, 4) is 5.75 Å². The average molecular weight is 252 g/mol. The summed E-state index contributed by atoms with van der Waals surface area (Å²) in [5.74, 6) is 1.01. The van der Waals surface area contributed by atoms with E-state index in [1.54, 1.807) is 0 Å². The lowest BCUT2D eigenvalue weighted by molar-refractivity contribution is 0.0479. The zero-order chi connectivity index (χ0) is 13.7. The van der Waals surface area contributed by atoms with Gasteiger partial charge in [-0.05, 0) is 25.5 Å². The second-order valence-electron chi connectivity index (χ2n) is 6.12. The Labute approximate surface area is 115 Å². The molecule has 0 spiro atoms. The van der Waals surface area contributed by atoms with Gasteiger partial charge in [0.1, 0.15) is 11.4 Å². The molecule has 98 valence electrons. The van der Waals surface area contributed by atoms with Crippen LogP contribution in [0.25, 0.3) is 0 Å². The molecular weight excluding hydrogens is 232 g/mol. The first kappa shape index (κ1) is 12.3. The van der Waals surface area contributed by atoms with Crippen molar-refractivity contribution in [2.24, 2.45) is 0 Å². The quantitative estimate of drug-likeness (QED) is 0.721. The fourth-order valence-electron chi connectivity index (χ4n) is 2.97.